The van der Waals surface area contributed by atoms with E-state index in [1.807, 2.05) is 55.8 Å². The Morgan fingerprint density at radius 1 is 1.16 bits per heavy atom. The van der Waals surface area contributed by atoms with E-state index in [0.29, 0.717) is 18.0 Å². The zero-order chi connectivity index (χ0) is 22.5. The monoisotopic (exact) mass is 430 g/mol. The third-order valence-electron chi connectivity index (χ3n) is 5.44. The number of benzene rings is 2. The molecular formula is C25H26N4O3. The molecule has 0 bridgehead atoms. The van der Waals surface area contributed by atoms with Gasteiger partial charge in [-0.1, -0.05) is 30.3 Å². The molecule has 2 aromatic heterocycles. The van der Waals surface area contributed by atoms with Crippen LogP contribution in [0.4, 0.5) is 0 Å². The molecule has 0 saturated heterocycles. The number of H-pyrrole nitrogens is 1. The number of nitrogens with zero attached hydrogens (tertiary/aromatic N) is 2. The van der Waals surface area contributed by atoms with Crippen LogP contribution < -0.4 is 14.8 Å². The van der Waals surface area contributed by atoms with Crippen LogP contribution in [0.15, 0.2) is 67.1 Å². The SMILES string of the molecule is COc1cccc(C(CNC(=O)/C=C/c2cnn(C)c2)c2c[nH]c3ccccc23)c1OC. The van der Waals surface area contributed by atoms with Gasteiger partial charge in [0.25, 0.3) is 0 Å². The number of amides is 1. The number of methoxy groups -OCH3 is 2. The van der Waals surface area contributed by atoms with E-state index in [1.54, 1.807) is 31.2 Å². The summed E-state index contributed by atoms with van der Waals surface area (Å²) in [5, 5.41) is 8.25. The molecule has 0 radical (unpaired) electrons. The van der Waals surface area contributed by atoms with E-state index in [0.717, 1.165) is 27.6 Å². The number of aromatic nitrogens is 3. The molecule has 2 aromatic carbocycles. The number of ether oxygens (including phenoxy) is 2. The van der Waals surface area contributed by atoms with Crippen molar-refractivity contribution >= 4 is 22.9 Å². The van der Waals surface area contributed by atoms with Gasteiger partial charge in [0.2, 0.25) is 5.91 Å². The van der Waals surface area contributed by atoms with Gasteiger partial charge in [0.05, 0.1) is 20.4 Å². The predicted octanol–water partition coefficient (Wildman–Crippen LogP) is 3.88. The average Bonchev–Trinajstić information content (AvgIpc) is 3.43. The van der Waals surface area contributed by atoms with Gasteiger partial charge in [-0.3, -0.25) is 9.48 Å². The molecule has 2 heterocycles. The van der Waals surface area contributed by atoms with Gasteiger partial charge in [-0.15, -0.1) is 0 Å². The Kier molecular flexibility index (Phi) is 6.26. The Morgan fingerprint density at radius 3 is 2.75 bits per heavy atom. The Balaban J connectivity index is 1.66. The number of aryl methyl sites for hydroxylation is 1. The van der Waals surface area contributed by atoms with E-state index in [-0.39, 0.29) is 11.8 Å². The van der Waals surface area contributed by atoms with Crippen LogP contribution in [-0.4, -0.2) is 41.4 Å². The van der Waals surface area contributed by atoms with Crippen molar-refractivity contribution in [3.8, 4) is 11.5 Å². The van der Waals surface area contributed by atoms with E-state index in [1.165, 1.54) is 6.08 Å². The maximum Gasteiger partial charge on any atom is 0.244 e. The molecule has 1 amide bonds. The maximum absolute atomic E-state index is 12.6. The number of hydrogen-bond donors (Lipinski definition) is 2. The zero-order valence-corrected chi connectivity index (χ0v) is 18.3. The first kappa shape index (κ1) is 21.2. The standard InChI is InChI=1S/C25H26N4O3/c1-29-16-17(13-28-29)11-12-24(30)27-15-21(19-8-6-10-23(31-2)25(19)32-3)20-14-26-22-9-5-4-7-18(20)22/h4-14,16,21,26H,15H2,1-3H3,(H,27,30)/b12-11+. The second-order valence-electron chi connectivity index (χ2n) is 7.45. The molecular weight excluding hydrogens is 404 g/mol. The average molecular weight is 431 g/mol. The number of para-hydroxylation sites is 2. The van der Waals surface area contributed by atoms with Crippen LogP contribution in [0.1, 0.15) is 22.6 Å². The minimum atomic E-state index is -0.180. The molecule has 7 nitrogen and oxygen atoms in total. The summed E-state index contributed by atoms with van der Waals surface area (Å²) in [7, 11) is 5.08. The fraction of sp³-hybridized carbons (Fsp3) is 0.200. The van der Waals surface area contributed by atoms with Crippen molar-refractivity contribution in [2.45, 2.75) is 5.92 Å². The lowest BCUT2D eigenvalue weighted by atomic mass is 9.90. The van der Waals surface area contributed by atoms with Crippen LogP contribution in [-0.2, 0) is 11.8 Å². The van der Waals surface area contributed by atoms with Gasteiger partial charge in [0, 0.05) is 60.0 Å². The molecule has 2 N–H and O–H groups in total. The van der Waals surface area contributed by atoms with Crippen LogP contribution in [0, 0.1) is 0 Å². The van der Waals surface area contributed by atoms with E-state index in [9.17, 15) is 4.79 Å². The highest BCUT2D eigenvalue weighted by molar-refractivity contribution is 5.92. The number of aromatic amines is 1. The number of fused-ring (bicyclic) bond motifs is 1. The first-order valence-electron chi connectivity index (χ1n) is 10.3. The van der Waals surface area contributed by atoms with Gasteiger partial charge in [-0.2, -0.15) is 5.10 Å². The summed E-state index contributed by atoms with van der Waals surface area (Å²) in [6.45, 7) is 0.390. The normalized spacial score (nSPS) is 12.2. The second kappa shape index (κ2) is 9.43. The Labute approximate surface area is 186 Å². The largest absolute Gasteiger partial charge is 0.493 e. The van der Waals surface area contributed by atoms with Crippen molar-refractivity contribution in [3.63, 3.8) is 0 Å². The third kappa shape index (κ3) is 4.37. The zero-order valence-electron chi connectivity index (χ0n) is 18.3. The lowest BCUT2D eigenvalue weighted by Crippen LogP contribution is -2.27. The van der Waals surface area contributed by atoms with E-state index in [4.69, 9.17) is 9.47 Å². The van der Waals surface area contributed by atoms with Crippen molar-refractivity contribution in [2.24, 2.45) is 7.05 Å². The number of nitrogens with one attached hydrogen (secondary N) is 2. The second-order valence-corrected chi connectivity index (χ2v) is 7.45. The fourth-order valence-electron chi connectivity index (χ4n) is 3.92. The molecule has 1 unspecified atom stereocenters. The summed E-state index contributed by atoms with van der Waals surface area (Å²) in [6.07, 6.45) is 8.81. The lowest BCUT2D eigenvalue weighted by Gasteiger charge is -2.21. The van der Waals surface area contributed by atoms with Crippen molar-refractivity contribution < 1.29 is 14.3 Å². The molecule has 0 aliphatic carbocycles. The number of carbonyl (C=O) groups is 1. The molecule has 1 atom stereocenters. The fourth-order valence-corrected chi connectivity index (χ4v) is 3.92. The Morgan fingerprint density at radius 2 is 2.00 bits per heavy atom. The molecule has 0 fully saturated rings. The summed E-state index contributed by atoms with van der Waals surface area (Å²) in [5.41, 5.74) is 3.92. The lowest BCUT2D eigenvalue weighted by molar-refractivity contribution is -0.116. The summed E-state index contributed by atoms with van der Waals surface area (Å²) in [5.74, 6) is 0.982. The first-order chi connectivity index (χ1) is 15.6. The quantitative estimate of drug-likeness (QED) is 0.416. The maximum atomic E-state index is 12.6. The van der Waals surface area contributed by atoms with Crippen molar-refractivity contribution in [1.82, 2.24) is 20.1 Å². The van der Waals surface area contributed by atoms with Crippen molar-refractivity contribution in [3.05, 3.63) is 83.8 Å². The van der Waals surface area contributed by atoms with Gasteiger partial charge in [0.15, 0.2) is 11.5 Å². The van der Waals surface area contributed by atoms with Crippen LogP contribution >= 0.6 is 0 Å². The van der Waals surface area contributed by atoms with Crippen LogP contribution in [0.2, 0.25) is 0 Å². The van der Waals surface area contributed by atoms with Gasteiger partial charge in [0.1, 0.15) is 0 Å². The van der Waals surface area contributed by atoms with Crippen LogP contribution in [0.25, 0.3) is 17.0 Å². The Bertz CT molecular complexity index is 1260. The van der Waals surface area contributed by atoms with Crippen molar-refractivity contribution in [2.75, 3.05) is 20.8 Å². The first-order valence-corrected chi connectivity index (χ1v) is 10.3. The number of carbonyl (C=O) groups excluding carboxylic acids is 1. The molecule has 164 valence electrons. The molecule has 32 heavy (non-hydrogen) atoms. The van der Waals surface area contributed by atoms with Gasteiger partial charge in [-0.05, 0) is 23.8 Å². The topological polar surface area (TPSA) is 81.2 Å². The van der Waals surface area contributed by atoms with E-state index >= 15 is 0 Å². The smallest absolute Gasteiger partial charge is 0.244 e. The summed E-state index contributed by atoms with van der Waals surface area (Å²) in [4.78, 5) is 15.9. The highest BCUT2D eigenvalue weighted by Gasteiger charge is 2.24. The summed E-state index contributed by atoms with van der Waals surface area (Å²) >= 11 is 0. The van der Waals surface area contributed by atoms with Gasteiger partial charge < -0.3 is 19.8 Å². The molecule has 0 saturated carbocycles. The highest BCUT2D eigenvalue weighted by atomic mass is 16.5. The van der Waals surface area contributed by atoms with Gasteiger partial charge >= 0.3 is 0 Å². The van der Waals surface area contributed by atoms with E-state index in [2.05, 4.69) is 21.5 Å². The van der Waals surface area contributed by atoms with E-state index < -0.39 is 0 Å². The molecule has 0 spiro atoms. The summed E-state index contributed by atoms with van der Waals surface area (Å²) in [6, 6.07) is 13.9. The molecule has 4 rings (SSSR count). The van der Waals surface area contributed by atoms with Crippen molar-refractivity contribution in [1.29, 1.82) is 0 Å². The molecule has 0 aliphatic heterocycles. The highest BCUT2D eigenvalue weighted by Crippen LogP contribution is 2.40. The van der Waals surface area contributed by atoms with Gasteiger partial charge in [-0.25, -0.2) is 0 Å². The Hall–Kier alpha value is -4.00. The van der Waals surface area contributed by atoms with Crippen LogP contribution in [0.3, 0.4) is 0 Å². The van der Waals surface area contributed by atoms with Crippen LogP contribution in [0.5, 0.6) is 11.5 Å². The third-order valence-corrected chi connectivity index (χ3v) is 5.44. The number of rotatable bonds is 8. The minimum absolute atomic E-state index is 0.146. The molecule has 7 heteroatoms. The molecule has 4 aromatic rings. The summed E-state index contributed by atoms with van der Waals surface area (Å²) < 4.78 is 12.9. The minimum Gasteiger partial charge on any atom is -0.493 e. The molecule has 0 aliphatic rings. The predicted molar refractivity (Wildman–Crippen MR) is 125 cm³/mol. The number of hydrogen-bond acceptors (Lipinski definition) is 4.